The van der Waals surface area contributed by atoms with E-state index >= 15 is 0 Å². The molecule has 0 aliphatic heterocycles. The van der Waals surface area contributed by atoms with Gasteiger partial charge in [-0.15, -0.1) is 0 Å². The average molecular weight is 404 g/mol. The smallest absolute Gasteiger partial charge is 0.170 e. The van der Waals surface area contributed by atoms with Crippen LogP contribution in [0, 0.1) is 6.92 Å². The van der Waals surface area contributed by atoms with Crippen LogP contribution in [0.3, 0.4) is 0 Å². The van der Waals surface area contributed by atoms with Crippen molar-refractivity contribution in [2.75, 3.05) is 26.1 Å². The quantitative estimate of drug-likeness (QED) is 0.522. The number of anilines is 1. The van der Waals surface area contributed by atoms with E-state index in [1.807, 2.05) is 36.4 Å². The zero-order valence-electron chi connectivity index (χ0n) is 15.5. The van der Waals surface area contributed by atoms with E-state index in [-0.39, 0.29) is 0 Å². The molecule has 0 fully saturated rings. The third-order valence-corrected chi connectivity index (χ3v) is 4.88. The highest BCUT2D eigenvalue weighted by atomic mass is 35.5. The third kappa shape index (κ3) is 4.46. The second kappa shape index (κ2) is 8.50. The van der Waals surface area contributed by atoms with Crippen LogP contribution in [0.25, 0.3) is 10.9 Å². The molecule has 3 N–H and O–H groups in total. The van der Waals surface area contributed by atoms with Gasteiger partial charge in [0.25, 0.3) is 0 Å². The van der Waals surface area contributed by atoms with Crippen LogP contribution in [0.2, 0.25) is 5.02 Å². The molecule has 3 aromatic rings. The summed E-state index contributed by atoms with van der Waals surface area (Å²) in [5.41, 5.74) is 4.22. The maximum absolute atomic E-state index is 6.15. The first-order chi connectivity index (χ1) is 13.0. The van der Waals surface area contributed by atoms with Crippen molar-refractivity contribution in [1.82, 2.24) is 10.3 Å². The van der Waals surface area contributed by atoms with Crippen molar-refractivity contribution in [2.45, 2.75) is 13.3 Å². The number of nitrogens with one attached hydrogen (secondary N) is 3. The summed E-state index contributed by atoms with van der Waals surface area (Å²) in [6, 6.07) is 11.4. The Kier molecular flexibility index (Phi) is 6.08. The van der Waals surface area contributed by atoms with Crippen molar-refractivity contribution in [3.63, 3.8) is 0 Å². The number of aromatic amines is 1. The largest absolute Gasteiger partial charge is 0.497 e. The van der Waals surface area contributed by atoms with E-state index in [2.05, 4.69) is 22.5 Å². The molecule has 0 saturated carbocycles. The summed E-state index contributed by atoms with van der Waals surface area (Å²) in [6.45, 7) is 2.76. The predicted molar refractivity (Wildman–Crippen MR) is 116 cm³/mol. The van der Waals surface area contributed by atoms with Crippen molar-refractivity contribution in [2.24, 2.45) is 0 Å². The number of H-pyrrole nitrogens is 1. The number of rotatable bonds is 6. The fourth-order valence-corrected chi connectivity index (χ4v) is 3.44. The van der Waals surface area contributed by atoms with E-state index < -0.39 is 0 Å². The van der Waals surface area contributed by atoms with Crippen molar-refractivity contribution in [3.8, 4) is 11.5 Å². The maximum atomic E-state index is 6.15. The zero-order chi connectivity index (χ0) is 19.4. The zero-order valence-corrected chi connectivity index (χ0v) is 17.1. The Morgan fingerprint density at radius 3 is 2.70 bits per heavy atom. The summed E-state index contributed by atoms with van der Waals surface area (Å²) < 4.78 is 10.6. The van der Waals surface area contributed by atoms with Crippen LogP contribution >= 0.6 is 23.8 Å². The van der Waals surface area contributed by atoms with Crippen LogP contribution in [0.1, 0.15) is 11.3 Å². The number of aryl methyl sites for hydroxylation is 1. The van der Waals surface area contributed by atoms with Crippen LogP contribution in [-0.4, -0.2) is 30.9 Å². The summed E-state index contributed by atoms with van der Waals surface area (Å²) in [4.78, 5) is 3.39. The number of methoxy groups -OCH3 is 2. The number of fused-ring (bicyclic) bond motifs is 1. The Morgan fingerprint density at radius 2 is 1.96 bits per heavy atom. The number of aromatic nitrogens is 1. The highest BCUT2D eigenvalue weighted by Crippen LogP contribution is 2.29. The molecule has 5 nitrogen and oxygen atoms in total. The number of thiocarbonyl (C=S) groups is 1. The topological polar surface area (TPSA) is 58.3 Å². The SMILES string of the molecule is COc1ccc(OC)c(NC(=S)NCCc2c(C)[nH]c3ccc(Cl)cc23)c1. The van der Waals surface area contributed by atoms with Gasteiger partial charge in [0.2, 0.25) is 0 Å². The lowest BCUT2D eigenvalue weighted by atomic mass is 10.1. The number of benzene rings is 2. The molecule has 7 heteroatoms. The molecular formula is C20H22ClN3O2S. The number of hydrogen-bond donors (Lipinski definition) is 3. The van der Waals surface area contributed by atoms with Gasteiger partial charge in [-0.2, -0.15) is 0 Å². The van der Waals surface area contributed by atoms with Crippen molar-refractivity contribution < 1.29 is 9.47 Å². The highest BCUT2D eigenvalue weighted by Gasteiger charge is 2.10. The summed E-state index contributed by atoms with van der Waals surface area (Å²) in [5.74, 6) is 1.43. The van der Waals surface area contributed by atoms with E-state index in [9.17, 15) is 0 Å². The lowest BCUT2D eigenvalue weighted by Gasteiger charge is -2.14. The van der Waals surface area contributed by atoms with Gasteiger partial charge in [0, 0.05) is 34.2 Å². The summed E-state index contributed by atoms with van der Waals surface area (Å²) >= 11 is 11.6. The van der Waals surface area contributed by atoms with E-state index in [1.165, 1.54) is 5.56 Å². The minimum absolute atomic E-state index is 0.525. The first kappa shape index (κ1) is 19.3. The lowest BCUT2D eigenvalue weighted by Crippen LogP contribution is -2.30. The van der Waals surface area contributed by atoms with E-state index in [0.29, 0.717) is 17.4 Å². The van der Waals surface area contributed by atoms with Gasteiger partial charge in [-0.05, 0) is 61.5 Å². The fourth-order valence-electron chi connectivity index (χ4n) is 3.06. The normalized spacial score (nSPS) is 10.7. The van der Waals surface area contributed by atoms with Gasteiger partial charge in [-0.1, -0.05) is 11.6 Å². The van der Waals surface area contributed by atoms with Crippen LogP contribution in [0.4, 0.5) is 5.69 Å². The van der Waals surface area contributed by atoms with Crippen molar-refractivity contribution in [3.05, 3.63) is 52.7 Å². The Bertz CT molecular complexity index is 971. The number of ether oxygens (including phenoxy) is 2. The molecule has 1 heterocycles. The van der Waals surface area contributed by atoms with Crippen LogP contribution < -0.4 is 20.1 Å². The van der Waals surface area contributed by atoms with Crippen molar-refractivity contribution in [1.29, 1.82) is 0 Å². The predicted octanol–water partition coefficient (Wildman–Crippen LogP) is 4.68. The van der Waals surface area contributed by atoms with Gasteiger partial charge in [0.1, 0.15) is 11.5 Å². The molecule has 27 heavy (non-hydrogen) atoms. The monoisotopic (exact) mass is 403 g/mol. The summed E-state index contributed by atoms with van der Waals surface area (Å²) in [6.07, 6.45) is 0.823. The molecule has 0 bridgehead atoms. The molecule has 0 aliphatic carbocycles. The fraction of sp³-hybridized carbons (Fsp3) is 0.250. The first-order valence-electron chi connectivity index (χ1n) is 8.55. The van der Waals surface area contributed by atoms with Crippen LogP contribution in [0.5, 0.6) is 11.5 Å². The summed E-state index contributed by atoms with van der Waals surface area (Å²) in [7, 11) is 3.24. The van der Waals surface area contributed by atoms with Crippen LogP contribution in [-0.2, 0) is 6.42 Å². The summed E-state index contributed by atoms with van der Waals surface area (Å²) in [5, 5.41) is 8.81. The number of halogens is 1. The van der Waals surface area contributed by atoms with E-state index in [4.69, 9.17) is 33.3 Å². The van der Waals surface area contributed by atoms with Gasteiger partial charge >= 0.3 is 0 Å². The standard InChI is InChI=1S/C20H22ClN3O2S/c1-12-15(16-10-13(21)4-6-17(16)23-12)8-9-22-20(27)24-18-11-14(25-2)5-7-19(18)26-3/h4-7,10-11,23H,8-9H2,1-3H3,(H2,22,24,27). The maximum Gasteiger partial charge on any atom is 0.170 e. The van der Waals surface area contributed by atoms with Gasteiger partial charge in [-0.25, -0.2) is 0 Å². The van der Waals surface area contributed by atoms with Gasteiger partial charge in [-0.3, -0.25) is 0 Å². The molecule has 3 rings (SSSR count). The van der Waals surface area contributed by atoms with Gasteiger partial charge in [0.15, 0.2) is 5.11 Å². The minimum atomic E-state index is 0.525. The molecule has 0 atom stereocenters. The molecule has 0 saturated heterocycles. The Morgan fingerprint density at radius 1 is 1.15 bits per heavy atom. The lowest BCUT2D eigenvalue weighted by molar-refractivity contribution is 0.405. The highest BCUT2D eigenvalue weighted by molar-refractivity contribution is 7.80. The third-order valence-electron chi connectivity index (χ3n) is 4.40. The molecule has 0 radical (unpaired) electrons. The van der Waals surface area contributed by atoms with Gasteiger partial charge < -0.3 is 25.1 Å². The molecule has 2 aromatic carbocycles. The first-order valence-corrected chi connectivity index (χ1v) is 9.34. The molecule has 142 valence electrons. The second-order valence-electron chi connectivity index (χ2n) is 6.12. The van der Waals surface area contributed by atoms with Crippen LogP contribution in [0.15, 0.2) is 36.4 Å². The molecule has 0 spiro atoms. The second-order valence-corrected chi connectivity index (χ2v) is 6.96. The molecule has 1 aromatic heterocycles. The molecule has 0 unspecified atom stereocenters. The minimum Gasteiger partial charge on any atom is -0.497 e. The van der Waals surface area contributed by atoms with Gasteiger partial charge in [0.05, 0.1) is 19.9 Å². The van der Waals surface area contributed by atoms with Crippen molar-refractivity contribution >= 4 is 45.5 Å². The number of hydrogen-bond acceptors (Lipinski definition) is 3. The Hall–Kier alpha value is -2.44. The Balaban J connectivity index is 1.64. The molecule has 0 amide bonds. The van der Waals surface area contributed by atoms with E-state index in [0.717, 1.165) is 39.5 Å². The average Bonchev–Trinajstić information content (AvgIpc) is 2.96. The molecule has 0 aliphatic rings. The molecular weight excluding hydrogens is 382 g/mol. The Labute approximate surface area is 169 Å². The van der Waals surface area contributed by atoms with E-state index in [1.54, 1.807) is 14.2 Å².